The fourth-order valence-electron chi connectivity index (χ4n) is 3.33. The van der Waals surface area contributed by atoms with Gasteiger partial charge in [0.25, 0.3) is 5.91 Å². The van der Waals surface area contributed by atoms with Crippen molar-refractivity contribution in [1.82, 2.24) is 24.8 Å². The van der Waals surface area contributed by atoms with Crippen LogP contribution < -0.4 is 4.90 Å². The number of rotatable bonds is 4. The van der Waals surface area contributed by atoms with Crippen molar-refractivity contribution in [2.24, 2.45) is 0 Å². The summed E-state index contributed by atoms with van der Waals surface area (Å²) in [4.78, 5) is 53.3. The number of pyridine rings is 1. The van der Waals surface area contributed by atoms with E-state index in [-0.39, 0.29) is 23.8 Å². The normalized spacial score (nSPS) is 19.0. The van der Waals surface area contributed by atoms with E-state index in [9.17, 15) is 14.4 Å². The molecule has 1 fully saturated rings. The van der Waals surface area contributed by atoms with Crippen molar-refractivity contribution in [3.8, 4) is 0 Å². The molecule has 0 aliphatic carbocycles. The van der Waals surface area contributed by atoms with Crippen LogP contribution >= 0.6 is 11.6 Å². The van der Waals surface area contributed by atoms with Crippen LogP contribution in [0.2, 0.25) is 5.02 Å². The zero-order valence-corrected chi connectivity index (χ0v) is 16.4. The van der Waals surface area contributed by atoms with Crippen molar-refractivity contribution < 1.29 is 24.2 Å². The van der Waals surface area contributed by atoms with Crippen molar-refractivity contribution >= 4 is 35.4 Å². The van der Waals surface area contributed by atoms with Gasteiger partial charge in [-0.05, 0) is 12.1 Å². The lowest BCUT2D eigenvalue weighted by Crippen LogP contribution is -2.50. The Morgan fingerprint density at radius 3 is 2.53 bits per heavy atom. The number of carbonyl (C=O) groups excluding carboxylic acids is 2. The number of fused-ring (bicyclic) bond motifs is 1. The Morgan fingerprint density at radius 1 is 1.13 bits per heavy atom. The summed E-state index contributed by atoms with van der Waals surface area (Å²) in [6.07, 6.45) is 2.42. The molecule has 12 heteroatoms. The number of nitrogens with zero attached hydrogens (tertiary/aromatic N) is 6. The molecule has 2 aromatic heterocycles. The average Bonchev–Trinajstić information content (AvgIpc) is 3.01. The van der Waals surface area contributed by atoms with Gasteiger partial charge in [0.05, 0.1) is 11.6 Å². The van der Waals surface area contributed by atoms with E-state index < -0.39 is 24.2 Å². The Bertz CT molecular complexity index is 979. The molecule has 1 N–H and O–H groups in total. The summed E-state index contributed by atoms with van der Waals surface area (Å²) in [6.45, 7) is 1.34. The molecule has 4 rings (SSSR count). The van der Waals surface area contributed by atoms with Crippen LogP contribution in [0.25, 0.3) is 0 Å². The van der Waals surface area contributed by atoms with Gasteiger partial charge >= 0.3 is 12.1 Å². The van der Waals surface area contributed by atoms with E-state index in [1.54, 1.807) is 11.0 Å². The zero-order valence-electron chi connectivity index (χ0n) is 15.6. The number of aromatic nitrogens is 3. The molecule has 0 aromatic carbocycles. The second-order valence-corrected chi connectivity index (χ2v) is 7.13. The summed E-state index contributed by atoms with van der Waals surface area (Å²) < 4.78 is 5.64. The molecule has 30 heavy (non-hydrogen) atoms. The summed E-state index contributed by atoms with van der Waals surface area (Å²) in [5.41, 5.74) is 0.301. The van der Waals surface area contributed by atoms with E-state index >= 15 is 0 Å². The highest BCUT2D eigenvalue weighted by atomic mass is 35.5. The average molecular weight is 433 g/mol. The van der Waals surface area contributed by atoms with E-state index in [1.165, 1.54) is 34.5 Å². The van der Waals surface area contributed by atoms with Gasteiger partial charge in [-0.2, -0.15) is 0 Å². The van der Waals surface area contributed by atoms with E-state index in [4.69, 9.17) is 21.4 Å². The maximum Gasteiger partial charge on any atom is 0.412 e. The second kappa shape index (κ2) is 8.20. The third-order valence-electron chi connectivity index (χ3n) is 4.78. The monoisotopic (exact) mass is 432 g/mol. The van der Waals surface area contributed by atoms with Crippen molar-refractivity contribution in [3.05, 3.63) is 47.1 Å². The molecule has 0 radical (unpaired) electrons. The molecule has 2 aromatic rings. The molecule has 4 heterocycles. The number of amides is 2. The molecule has 156 valence electrons. The lowest BCUT2D eigenvalue weighted by atomic mass is 10.3. The maximum absolute atomic E-state index is 12.9. The van der Waals surface area contributed by atoms with Gasteiger partial charge in [-0.15, -0.1) is 0 Å². The quantitative estimate of drug-likeness (QED) is 0.752. The van der Waals surface area contributed by atoms with Gasteiger partial charge in [-0.25, -0.2) is 19.7 Å². The van der Waals surface area contributed by atoms with Crippen LogP contribution in [0.15, 0.2) is 30.7 Å². The first-order valence-electron chi connectivity index (χ1n) is 9.10. The van der Waals surface area contributed by atoms with Crippen LogP contribution in [-0.2, 0) is 9.53 Å². The number of hydrogen-bond acceptors (Lipinski definition) is 8. The van der Waals surface area contributed by atoms with Crippen molar-refractivity contribution in [2.45, 2.75) is 6.23 Å². The minimum Gasteiger partial charge on any atom is -0.480 e. The van der Waals surface area contributed by atoms with E-state index in [0.717, 1.165) is 0 Å². The lowest BCUT2D eigenvalue weighted by Gasteiger charge is -2.34. The second-order valence-electron chi connectivity index (χ2n) is 6.69. The van der Waals surface area contributed by atoms with Crippen LogP contribution in [0.1, 0.15) is 22.4 Å². The third kappa shape index (κ3) is 3.89. The Morgan fingerprint density at radius 2 is 1.87 bits per heavy atom. The molecule has 0 spiro atoms. The molecule has 11 nitrogen and oxygen atoms in total. The van der Waals surface area contributed by atoms with Gasteiger partial charge in [0.2, 0.25) is 6.23 Å². The first-order chi connectivity index (χ1) is 14.4. The van der Waals surface area contributed by atoms with Gasteiger partial charge in [-0.1, -0.05) is 11.6 Å². The number of halogens is 1. The molecule has 1 saturated heterocycles. The minimum absolute atomic E-state index is 0.0818. The molecule has 0 bridgehead atoms. The van der Waals surface area contributed by atoms with E-state index in [0.29, 0.717) is 31.2 Å². The number of carboxylic acids is 1. The molecule has 2 aliphatic rings. The topological polar surface area (TPSA) is 129 Å². The highest BCUT2D eigenvalue weighted by Crippen LogP contribution is 2.35. The summed E-state index contributed by atoms with van der Waals surface area (Å²) in [5.74, 6) is -1.16. The zero-order chi connectivity index (χ0) is 21.3. The van der Waals surface area contributed by atoms with Gasteiger partial charge < -0.3 is 14.7 Å². The predicted octanol–water partition coefficient (Wildman–Crippen LogP) is 1.02. The van der Waals surface area contributed by atoms with Gasteiger partial charge in [0.15, 0.2) is 5.69 Å². The number of ether oxygens (including phenoxy) is 1. The smallest absolute Gasteiger partial charge is 0.412 e. The van der Waals surface area contributed by atoms with E-state index in [2.05, 4.69) is 15.0 Å². The van der Waals surface area contributed by atoms with Crippen molar-refractivity contribution in [2.75, 3.05) is 37.6 Å². The Kier molecular flexibility index (Phi) is 5.46. The van der Waals surface area contributed by atoms with Crippen molar-refractivity contribution in [3.63, 3.8) is 0 Å². The Hall–Kier alpha value is -3.31. The summed E-state index contributed by atoms with van der Waals surface area (Å²) in [5, 5.41) is 9.29. The number of hydrogen-bond donors (Lipinski definition) is 1. The maximum atomic E-state index is 12.9. The van der Waals surface area contributed by atoms with E-state index in [1.807, 2.05) is 0 Å². The lowest BCUT2D eigenvalue weighted by molar-refractivity contribution is -0.138. The molecule has 2 amide bonds. The first kappa shape index (κ1) is 20.0. The van der Waals surface area contributed by atoms with Gasteiger partial charge in [0, 0.05) is 44.8 Å². The van der Waals surface area contributed by atoms with Crippen LogP contribution in [-0.4, -0.2) is 80.6 Å². The minimum atomic E-state index is -1.13. The summed E-state index contributed by atoms with van der Waals surface area (Å²) >= 11 is 5.89. The molecule has 1 unspecified atom stereocenters. The van der Waals surface area contributed by atoms with Crippen molar-refractivity contribution in [1.29, 1.82) is 0 Å². The van der Waals surface area contributed by atoms with Gasteiger partial charge in [0.1, 0.15) is 11.5 Å². The number of anilines is 1. The number of carbonyl (C=O) groups is 3. The van der Waals surface area contributed by atoms with Crippen LogP contribution in [0, 0.1) is 0 Å². The summed E-state index contributed by atoms with van der Waals surface area (Å²) in [7, 11) is 0. The predicted molar refractivity (Wildman–Crippen MR) is 103 cm³/mol. The largest absolute Gasteiger partial charge is 0.480 e. The fourth-order valence-corrected chi connectivity index (χ4v) is 3.44. The summed E-state index contributed by atoms with van der Waals surface area (Å²) in [6, 6.07) is 3.11. The molecule has 1 atom stereocenters. The standard InChI is InChI=1S/C18H17ClN6O5/c19-11-1-2-12(22-9-11)25-16(28)14-15(21-4-3-20-14)17(25)30-18(29)24-7-5-23(6-8-24)10-13(26)27/h1-4,9,17H,5-8,10H2,(H,26,27). The number of carboxylic acid groups (broad SMARTS) is 1. The first-order valence-corrected chi connectivity index (χ1v) is 9.47. The highest BCUT2D eigenvalue weighted by molar-refractivity contribution is 6.30. The number of aliphatic carboxylic acids is 1. The van der Waals surface area contributed by atoms with Crippen LogP contribution in [0.5, 0.6) is 0 Å². The van der Waals surface area contributed by atoms with Gasteiger partial charge in [-0.3, -0.25) is 19.5 Å². The highest BCUT2D eigenvalue weighted by Gasteiger charge is 2.44. The molecule has 2 aliphatic heterocycles. The molecule has 0 saturated carbocycles. The SMILES string of the molecule is O=C(O)CN1CCN(C(=O)OC2c3nccnc3C(=O)N2c2ccc(Cl)cn2)CC1. The molecular weight excluding hydrogens is 416 g/mol. The van der Waals surface area contributed by atoms with Crippen LogP contribution in [0.3, 0.4) is 0 Å². The van der Waals surface area contributed by atoms with Crippen LogP contribution in [0.4, 0.5) is 10.6 Å². The molecular formula is C18H17ClN6O5. The fraction of sp³-hybridized carbons (Fsp3) is 0.333. The Labute approximate surface area is 175 Å². The third-order valence-corrected chi connectivity index (χ3v) is 5.00. The number of piperazine rings is 1. The Balaban J connectivity index is 1.53.